The second kappa shape index (κ2) is 9.39. The van der Waals surface area contributed by atoms with Crippen molar-refractivity contribution < 1.29 is 14.3 Å². The third kappa shape index (κ3) is 6.03. The molecule has 25 heavy (non-hydrogen) atoms. The zero-order chi connectivity index (χ0) is 18.2. The number of amides is 2. The van der Waals surface area contributed by atoms with E-state index in [0.717, 1.165) is 15.6 Å². The highest BCUT2D eigenvalue weighted by Crippen LogP contribution is 2.23. The van der Waals surface area contributed by atoms with Gasteiger partial charge in [0, 0.05) is 23.2 Å². The summed E-state index contributed by atoms with van der Waals surface area (Å²) in [5.74, 6) is 0.691. The second-order valence-electron chi connectivity index (χ2n) is 5.57. The molecule has 1 aromatic carbocycles. The highest BCUT2D eigenvalue weighted by Gasteiger charge is 2.15. The Morgan fingerprint density at radius 2 is 2.12 bits per heavy atom. The summed E-state index contributed by atoms with van der Waals surface area (Å²) in [5, 5.41) is 6.74. The number of ether oxygens (including phenoxy) is 2. The fourth-order valence-corrected chi connectivity index (χ4v) is 3.32. The zero-order valence-corrected chi connectivity index (χ0v) is 15.9. The summed E-state index contributed by atoms with van der Waals surface area (Å²) >= 11 is 1.63. The van der Waals surface area contributed by atoms with E-state index in [4.69, 9.17) is 9.47 Å². The number of aromatic nitrogens is 1. The molecule has 0 spiro atoms. The number of thiazole rings is 1. The topological polar surface area (TPSA) is 72.5 Å². The third-order valence-corrected chi connectivity index (χ3v) is 4.39. The van der Waals surface area contributed by atoms with E-state index in [0.29, 0.717) is 31.3 Å². The number of anilines is 1. The van der Waals surface area contributed by atoms with E-state index in [9.17, 15) is 4.79 Å². The molecule has 2 rings (SSSR count). The van der Waals surface area contributed by atoms with Crippen LogP contribution in [0.1, 0.15) is 35.5 Å². The average molecular weight is 363 g/mol. The molecule has 0 unspecified atom stereocenters. The number of hydrogen-bond acceptors (Lipinski definition) is 5. The summed E-state index contributed by atoms with van der Waals surface area (Å²) in [6.07, 6.45) is 0. The molecule has 2 aromatic rings. The van der Waals surface area contributed by atoms with Gasteiger partial charge in [-0.05, 0) is 39.8 Å². The molecule has 0 fully saturated rings. The minimum atomic E-state index is -0.274. The predicted molar refractivity (Wildman–Crippen MR) is 101 cm³/mol. The Morgan fingerprint density at radius 3 is 2.80 bits per heavy atom. The molecule has 0 saturated heterocycles. The Labute approximate surface area is 152 Å². The van der Waals surface area contributed by atoms with Crippen LogP contribution in [-0.2, 0) is 4.74 Å². The second-order valence-corrected chi connectivity index (χ2v) is 6.97. The van der Waals surface area contributed by atoms with Crippen LogP contribution in [0.5, 0.6) is 5.75 Å². The summed E-state index contributed by atoms with van der Waals surface area (Å²) in [6, 6.07) is 6.86. The first kappa shape index (κ1) is 19.2. The summed E-state index contributed by atoms with van der Waals surface area (Å²) in [5.41, 5.74) is 1.58. The van der Waals surface area contributed by atoms with Gasteiger partial charge in [0.15, 0.2) is 0 Å². The van der Waals surface area contributed by atoms with Gasteiger partial charge in [-0.25, -0.2) is 9.78 Å². The summed E-state index contributed by atoms with van der Waals surface area (Å²) in [7, 11) is 0. The fraction of sp³-hybridized carbons (Fsp3) is 0.444. The lowest BCUT2D eigenvalue weighted by molar-refractivity contribution is 0.110. The van der Waals surface area contributed by atoms with E-state index in [1.165, 1.54) is 0 Å². The molecule has 1 aromatic heterocycles. The normalized spacial score (nSPS) is 11.8. The molecule has 0 bridgehead atoms. The molecule has 136 valence electrons. The first-order chi connectivity index (χ1) is 12.0. The lowest BCUT2D eigenvalue weighted by Crippen LogP contribution is -2.31. The van der Waals surface area contributed by atoms with Crippen molar-refractivity contribution in [3.63, 3.8) is 0 Å². The Bertz CT molecular complexity index is 703. The molecule has 0 aliphatic carbocycles. The summed E-state index contributed by atoms with van der Waals surface area (Å²) < 4.78 is 10.8. The van der Waals surface area contributed by atoms with Crippen LogP contribution in [0.25, 0.3) is 0 Å². The van der Waals surface area contributed by atoms with Gasteiger partial charge in [0.25, 0.3) is 0 Å². The van der Waals surface area contributed by atoms with Gasteiger partial charge in [0.2, 0.25) is 0 Å². The number of aryl methyl sites for hydroxylation is 2. The van der Waals surface area contributed by atoms with Gasteiger partial charge in [0.05, 0.1) is 23.4 Å². The van der Waals surface area contributed by atoms with Crippen LogP contribution in [-0.4, -0.2) is 30.8 Å². The van der Waals surface area contributed by atoms with E-state index in [-0.39, 0.29) is 12.1 Å². The maximum Gasteiger partial charge on any atom is 0.319 e. The maximum atomic E-state index is 12.2. The van der Waals surface area contributed by atoms with Crippen LogP contribution in [0, 0.1) is 13.8 Å². The van der Waals surface area contributed by atoms with Gasteiger partial charge >= 0.3 is 6.03 Å². The Morgan fingerprint density at radius 1 is 1.32 bits per heavy atom. The standard InChI is InChI=1S/C18H25N3O3S/c1-5-23-9-10-24-16-8-6-7-15(11-16)21-18(22)19-12(2)17-13(3)25-14(4)20-17/h6-8,11-12H,5,9-10H2,1-4H3,(H2,19,21,22)/t12-/m0/s1. The van der Waals surface area contributed by atoms with E-state index in [1.54, 1.807) is 17.4 Å². The summed E-state index contributed by atoms with van der Waals surface area (Å²) in [6.45, 7) is 9.53. The Balaban J connectivity index is 1.88. The molecule has 0 radical (unpaired) electrons. The minimum absolute atomic E-state index is 0.157. The smallest absolute Gasteiger partial charge is 0.319 e. The molecule has 1 atom stereocenters. The number of carbonyl (C=O) groups excluding carboxylic acids is 1. The van der Waals surface area contributed by atoms with Crippen LogP contribution in [0.4, 0.5) is 10.5 Å². The molecule has 1 heterocycles. The number of nitrogens with zero attached hydrogens (tertiary/aromatic N) is 1. The van der Waals surface area contributed by atoms with Gasteiger partial charge in [-0.15, -0.1) is 11.3 Å². The first-order valence-electron chi connectivity index (χ1n) is 8.31. The van der Waals surface area contributed by atoms with Gasteiger partial charge < -0.3 is 20.1 Å². The predicted octanol–water partition coefficient (Wildman–Crippen LogP) is 4.06. The lowest BCUT2D eigenvalue weighted by Gasteiger charge is -2.14. The molecule has 0 aliphatic heterocycles. The molecular weight excluding hydrogens is 338 g/mol. The molecular formula is C18H25N3O3S. The van der Waals surface area contributed by atoms with E-state index >= 15 is 0 Å². The minimum Gasteiger partial charge on any atom is -0.491 e. The van der Waals surface area contributed by atoms with Crippen molar-refractivity contribution >= 4 is 23.1 Å². The van der Waals surface area contributed by atoms with Gasteiger partial charge in [-0.3, -0.25) is 0 Å². The zero-order valence-electron chi connectivity index (χ0n) is 15.1. The highest BCUT2D eigenvalue weighted by atomic mass is 32.1. The third-order valence-electron chi connectivity index (χ3n) is 3.49. The van der Waals surface area contributed by atoms with Crippen molar-refractivity contribution in [2.45, 2.75) is 33.7 Å². The van der Waals surface area contributed by atoms with E-state index in [2.05, 4.69) is 15.6 Å². The molecule has 2 amide bonds. The number of benzene rings is 1. The Kier molecular flexibility index (Phi) is 7.21. The van der Waals surface area contributed by atoms with E-state index in [1.807, 2.05) is 45.9 Å². The average Bonchev–Trinajstić information content (AvgIpc) is 2.90. The largest absolute Gasteiger partial charge is 0.491 e. The number of urea groups is 1. The van der Waals surface area contributed by atoms with Crippen LogP contribution in [0.15, 0.2) is 24.3 Å². The van der Waals surface area contributed by atoms with Crippen molar-refractivity contribution in [1.82, 2.24) is 10.3 Å². The SMILES string of the molecule is CCOCCOc1cccc(NC(=O)N[C@@H](C)c2nc(C)sc2C)c1. The van der Waals surface area contributed by atoms with Crippen LogP contribution in [0.3, 0.4) is 0 Å². The van der Waals surface area contributed by atoms with Crippen LogP contribution < -0.4 is 15.4 Å². The number of nitrogens with one attached hydrogen (secondary N) is 2. The molecule has 6 nitrogen and oxygen atoms in total. The highest BCUT2D eigenvalue weighted by molar-refractivity contribution is 7.11. The van der Waals surface area contributed by atoms with Crippen molar-refractivity contribution in [2.24, 2.45) is 0 Å². The van der Waals surface area contributed by atoms with E-state index < -0.39 is 0 Å². The number of carbonyl (C=O) groups is 1. The molecule has 2 N–H and O–H groups in total. The monoisotopic (exact) mass is 363 g/mol. The van der Waals surface area contributed by atoms with Crippen molar-refractivity contribution in [3.05, 3.63) is 39.8 Å². The van der Waals surface area contributed by atoms with Gasteiger partial charge in [-0.2, -0.15) is 0 Å². The Hall–Kier alpha value is -2.12. The van der Waals surface area contributed by atoms with Crippen molar-refractivity contribution in [3.8, 4) is 5.75 Å². The van der Waals surface area contributed by atoms with Gasteiger partial charge in [0.1, 0.15) is 12.4 Å². The van der Waals surface area contributed by atoms with Crippen LogP contribution >= 0.6 is 11.3 Å². The fourth-order valence-electron chi connectivity index (χ4n) is 2.41. The molecule has 7 heteroatoms. The lowest BCUT2D eigenvalue weighted by atomic mass is 10.2. The summed E-state index contributed by atoms with van der Waals surface area (Å²) in [4.78, 5) is 17.8. The quantitative estimate of drug-likeness (QED) is 0.694. The van der Waals surface area contributed by atoms with Crippen LogP contribution in [0.2, 0.25) is 0 Å². The molecule has 0 saturated carbocycles. The number of hydrogen-bond donors (Lipinski definition) is 2. The molecule has 0 aliphatic rings. The van der Waals surface area contributed by atoms with Crippen molar-refractivity contribution in [2.75, 3.05) is 25.1 Å². The first-order valence-corrected chi connectivity index (χ1v) is 9.13. The maximum absolute atomic E-state index is 12.2. The van der Waals surface area contributed by atoms with Gasteiger partial charge in [-0.1, -0.05) is 6.07 Å². The number of rotatable bonds is 8. The van der Waals surface area contributed by atoms with Crippen molar-refractivity contribution in [1.29, 1.82) is 0 Å².